The number of aryl methyl sites for hydroxylation is 1. The number of fused-ring (bicyclic) bond motifs is 1. The molecule has 0 spiro atoms. The second-order valence-corrected chi connectivity index (χ2v) is 5.87. The molecule has 0 saturated heterocycles. The van der Waals surface area contributed by atoms with Crippen LogP contribution in [0, 0.1) is 0 Å². The van der Waals surface area contributed by atoms with Crippen molar-refractivity contribution in [3.8, 4) is 0 Å². The monoisotopic (exact) mass is 281 g/mol. The normalized spacial score (nSPS) is 18.9. The molecule has 0 bridgehead atoms. The molecule has 2 rings (SSSR count). The van der Waals surface area contributed by atoms with Crippen LogP contribution in [0.25, 0.3) is 0 Å². The van der Waals surface area contributed by atoms with Gasteiger partial charge in [0.05, 0.1) is 13.2 Å². The summed E-state index contributed by atoms with van der Waals surface area (Å²) in [6.07, 6.45) is 2.17. The van der Waals surface area contributed by atoms with Crippen LogP contribution in [0.1, 0.15) is 23.6 Å². The van der Waals surface area contributed by atoms with E-state index in [1.165, 1.54) is 23.3 Å². The highest BCUT2D eigenvalue weighted by molar-refractivity contribution is 7.99. The van der Waals surface area contributed by atoms with Gasteiger partial charge < -0.3 is 15.2 Å². The molecule has 19 heavy (non-hydrogen) atoms. The first-order chi connectivity index (χ1) is 9.42. The molecule has 106 valence electrons. The first-order valence-corrected chi connectivity index (χ1v) is 8.15. The Labute approximate surface area is 119 Å². The average molecular weight is 281 g/mol. The molecule has 4 heteroatoms. The molecule has 2 N–H and O–H groups in total. The van der Waals surface area contributed by atoms with Crippen LogP contribution < -0.4 is 5.32 Å². The van der Waals surface area contributed by atoms with E-state index >= 15 is 0 Å². The van der Waals surface area contributed by atoms with Crippen LogP contribution in [0.15, 0.2) is 24.3 Å². The summed E-state index contributed by atoms with van der Waals surface area (Å²) in [6, 6.07) is 9.23. The van der Waals surface area contributed by atoms with E-state index in [1.807, 2.05) is 11.8 Å². The van der Waals surface area contributed by atoms with Crippen molar-refractivity contribution in [3.05, 3.63) is 35.4 Å². The number of aliphatic hydroxyl groups is 1. The lowest BCUT2D eigenvalue weighted by atomic mass is 10.00. The van der Waals surface area contributed by atoms with Crippen LogP contribution in [0.5, 0.6) is 0 Å². The summed E-state index contributed by atoms with van der Waals surface area (Å²) in [5, 5.41) is 12.3. The van der Waals surface area contributed by atoms with Gasteiger partial charge in [-0.1, -0.05) is 24.3 Å². The second-order valence-electron chi connectivity index (χ2n) is 4.72. The Kier molecular flexibility index (Phi) is 6.71. The molecule has 1 aromatic carbocycles. The predicted molar refractivity (Wildman–Crippen MR) is 80.7 cm³/mol. The smallest absolute Gasteiger partial charge is 0.0697 e. The SMILES string of the molecule is OCCOCCCNC1CSCCc2ccccc21. The molecular weight excluding hydrogens is 258 g/mol. The third-order valence-electron chi connectivity index (χ3n) is 3.32. The van der Waals surface area contributed by atoms with Gasteiger partial charge in [0, 0.05) is 18.4 Å². The maximum absolute atomic E-state index is 8.62. The molecule has 0 aliphatic carbocycles. The summed E-state index contributed by atoms with van der Waals surface area (Å²) in [6.45, 7) is 2.24. The number of nitrogens with one attached hydrogen (secondary N) is 1. The van der Waals surface area contributed by atoms with E-state index in [0.29, 0.717) is 12.6 Å². The third-order valence-corrected chi connectivity index (χ3v) is 4.38. The molecule has 1 aliphatic rings. The van der Waals surface area contributed by atoms with Crippen molar-refractivity contribution >= 4 is 11.8 Å². The number of hydrogen-bond acceptors (Lipinski definition) is 4. The second kappa shape index (κ2) is 8.59. The molecule has 1 aromatic rings. The van der Waals surface area contributed by atoms with Gasteiger partial charge in [-0.2, -0.15) is 11.8 Å². The molecule has 1 aliphatic heterocycles. The van der Waals surface area contributed by atoms with E-state index in [4.69, 9.17) is 9.84 Å². The highest BCUT2D eigenvalue weighted by Gasteiger charge is 2.17. The van der Waals surface area contributed by atoms with Crippen LogP contribution in [-0.2, 0) is 11.2 Å². The molecule has 1 atom stereocenters. The lowest BCUT2D eigenvalue weighted by Gasteiger charge is -2.19. The number of hydrogen-bond donors (Lipinski definition) is 2. The molecule has 1 unspecified atom stereocenters. The van der Waals surface area contributed by atoms with Gasteiger partial charge in [0.15, 0.2) is 0 Å². The Morgan fingerprint density at radius 2 is 2.21 bits per heavy atom. The van der Waals surface area contributed by atoms with E-state index in [1.54, 1.807) is 0 Å². The Morgan fingerprint density at radius 1 is 1.32 bits per heavy atom. The largest absolute Gasteiger partial charge is 0.394 e. The first-order valence-electron chi connectivity index (χ1n) is 6.99. The van der Waals surface area contributed by atoms with E-state index < -0.39 is 0 Å². The van der Waals surface area contributed by atoms with Crippen LogP contribution in [-0.4, -0.2) is 43.0 Å². The Morgan fingerprint density at radius 3 is 3.11 bits per heavy atom. The van der Waals surface area contributed by atoms with E-state index in [9.17, 15) is 0 Å². The Hall–Kier alpha value is -0.550. The zero-order valence-corrected chi connectivity index (χ0v) is 12.1. The highest BCUT2D eigenvalue weighted by Crippen LogP contribution is 2.27. The highest BCUT2D eigenvalue weighted by atomic mass is 32.2. The van der Waals surface area contributed by atoms with Crippen molar-refractivity contribution in [2.45, 2.75) is 18.9 Å². The summed E-state index contributed by atoms with van der Waals surface area (Å²) < 4.78 is 5.27. The third kappa shape index (κ3) is 4.80. The van der Waals surface area contributed by atoms with Gasteiger partial charge in [-0.3, -0.25) is 0 Å². The minimum atomic E-state index is 0.111. The number of ether oxygens (including phenoxy) is 1. The van der Waals surface area contributed by atoms with Gasteiger partial charge in [0.2, 0.25) is 0 Å². The molecule has 1 heterocycles. The topological polar surface area (TPSA) is 41.5 Å². The van der Waals surface area contributed by atoms with E-state index in [-0.39, 0.29) is 6.61 Å². The average Bonchev–Trinajstić information content (AvgIpc) is 2.65. The van der Waals surface area contributed by atoms with E-state index in [2.05, 4.69) is 29.6 Å². The summed E-state index contributed by atoms with van der Waals surface area (Å²) in [7, 11) is 0. The fourth-order valence-corrected chi connectivity index (χ4v) is 3.42. The number of thioether (sulfide) groups is 1. The van der Waals surface area contributed by atoms with Gasteiger partial charge in [-0.05, 0) is 36.3 Å². The van der Waals surface area contributed by atoms with Crippen LogP contribution in [0.2, 0.25) is 0 Å². The maximum Gasteiger partial charge on any atom is 0.0697 e. The number of rotatable bonds is 7. The fourth-order valence-electron chi connectivity index (χ4n) is 2.36. The van der Waals surface area contributed by atoms with Gasteiger partial charge in [-0.15, -0.1) is 0 Å². The minimum Gasteiger partial charge on any atom is -0.394 e. The molecular formula is C15H23NO2S. The molecule has 0 radical (unpaired) electrons. The zero-order chi connectivity index (χ0) is 13.3. The van der Waals surface area contributed by atoms with Gasteiger partial charge in [0.1, 0.15) is 0 Å². The maximum atomic E-state index is 8.62. The lowest BCUT2D eigenvalue weighted by Crippen LogP contribution is -2.25. The van der Waals surface area contributed by atoms with Crippen molar-refractivity contribution in [2.24, 2.45) is 0 Å². The summed E-state index contributed by atoms with van der Waals surface area (Å²) in [4.78, 5) is 0. The molecule has 0 aromatic heterocycles. The molecule has 0 amide bonds. The number of aliphatic hydroxyl groups excluding tert-OH is 1. The zero-order valence-electron chi connectivity index (χ0n) is 11.3. The predicted octanol–water partition coefficient (Wildman–Crippen LogP) is 2.01. The summed E-state index contributed by atoms with van der Waals surface area (Å²) in [5.41, 5.74) is 2.95. The van der Waals surface area contributed by atoms with Crippen molar-refractivity contribution in [1.82, 2.24) is 5.32 Å². The molecule has 0 saturated carbocycles. The van der Waals surface area contributed by atoms with E-state index in [0.717, 1.165) is 25.3 Å². The molecule has 0 fully saturated rings. The van der Waals surface area contributed by atoms with Crippen molar-refractivity contribution in [3.63, 3.8) is 0 Å². The standard InChI is InChI=1S/C15H23NO2S/c17-8-10-18-9-3-7-16-15-12-19-11-6-13-4-1-2-5-14(13)15/h1-2,4-5,15-17H,3,6-12H2. The molecule has 3 nitrogen and oxygen atoms in total. The first kappa shape index (κ1) is 14.9. The number of benzene rings is 1. The Bertz CT molecular complexity index is 373. The lowest BCUT2D eigenvalue weighted by molar-refractivity contribution is 0.0905. The minimum absolute atomic E-state index is 0.111. The van der Waals surface area contributed by atoms with Crippen LogP contribution >= 0.6 is 11.8 Å². The van der Waals surface area contributed by atoms with Crippen molar-refractivity contribution < 1.29 is 9.84 Å². The van der Waals surface area contributed by atoms with Crippen LogP contribution in [0.3, 0.4) is 0 Å². The quantitative estimate of drug-likeness (QED) is 0.750. The Balaban J connectivity index is 1.79. The van der Waals surface area contributed by atoms with Crippen LogP contribution in [0.4, 0.5) is 0 Å². The fraction of sp³-hybridized carbons (Fsp3) is 0.600. The summed E-state index contributed by atoms with van der Waals surface area (Å²) >= 11 is 2.03. The van der Waals surface area contributed by atoms with Crippen molar-refractivity contribution in [2.75, 3.05) is 37.9 Å². The van der Waals surface area contributed by atoms with Gasteiger partial charge >= 0.3 is 0 Å². The van der Waals surface area contributed by atoms with Gasteiger partial charge in [-0.25, -0.2) is 0 Å². The van der Waals surface area contributed by atoms with Crippen molar-refractivity contribution in [1.29, 1.82) is 0 Å². The summed E-state index contributed by atoms with van der Waals surface area (Å²) in [5.74, 6) is 2.36. The van der Waals surface area contributed by atoms with Gasteiger partial charge in [0.25, 0.3) is 0 Å².